The van der Waals surface area contributed by atoms with Crippen LogP contribution in [0, 0.1) is 0 Å². The average Bonchev–Trinajstić information content (AvgIpc) is 2.39. The van der Waals surface area contributed by atoms with Crippen molar-refractivity contribution in [2.75, 3.05) is 0 Å². The Labute approximate surface area is 128 Å². The molecule has 0 radical (unpaired) electrons. The third-order valence-corrected chi connectivity index (χ3v) is 3.92. The lowest BCUT2D eigenvalue weighted by atomic mass is 10.2. The molecule has 0 atom stereocenters. The number of benzene rings is 2. The summed E-state index contributed by atoms with van der Waals surface area (Å²) < 4.78 is 7.75. The maximum atomic E-state index is 5.77. The number of ether oxygens (including phenoxy) is 1. The van der Waals surface area contributed by atoms with Crippen LogP contribution in [-0.4, -0.2) is 0 Å². The van der Waals surface area contributed by atoms with Crippen LogP contribution in [0.5, 0.6) is 5.75 Å². The first-order valence-corrected chi connectivity index (χ1v) is 7.53. The summed E-state index contributed by atoms with van der Waals surface area (Å²) in [6.45, 7) is 0.548. The molecule has 0 saturated heterocycles. The minimum absolute atomic E-state index is 0.506. The molecule has 4 heteroatoms. The molecule has 0 aliphatic heterocycles. The molecule has 0 N–H and O–H groups in total. The largest absolute Gasteiger partial charge is 0.488 e. The van der Waals surface area contributed by atoms with Gasteiger partial charge < -0.3 is 4.74 Å². The first-order valence-electron chi connectivity index (χ1n) is 5.40. The van der Waals surface area contributed by atoms with Crippen LogP contribution >= 0.6 is 43.5 Å². The van der Waals surface area contributed by atoms with Gasteiger partial charge in [-0.15, -0.1) is 11.6 Å². The lowest BCUT2D eigenvalue weighted by molar-refractivity contribution is 0.304. The van der Waals surface area contributed by atoms with E-state index in [0.29, 0.717) is 12.5 Å². The van der Waals surface area contributed by atoms with Gasteiger partial charge in [-0.2, -0.15) is 0 Å². The van der Waals surface area contributed by atoms with Crippen LogP contribution in [0.4, 0.5) is 0 Å². The zero-order chi connectivity index (χ0) is 13.0. The van der Waals surface area contributed by atoms with E-state index in [9.17, 15) is 0 Å². The van der Waals surface area contributed by atoms with Gasteiger partial charge in [0.15, 0.2) is 0 Å². The van der Waals surface area contributed by atoms with Crippen molar-refractivity contribution >= 4 is 43.5 Å². The highest BCUT2D eigenvalue weighted by Crippen LogP contribution is 2.27. The van der Waals surface area contributed by atoms with Gasteiger partial charge in [0.25, 0.3) is 0 Å². The molecule has 1 nitrogen and oxygen atoms in total. The van der Waals surface area contributed by atoms with E-state index in [-0.39, 0.29) is 0 Å². The topological polar surface area (TPSA) is 9.23 Å². The molecule has 0 bridgehead atoms. The van der Waals surface area contributed by atoms with E-state index in [0.717, 1.165) is 25.8 Å². The second-order valence-electron chi connectivity index (χ2n) is 3.81. The molecule has 0 aliphatic carbocycles. The number of rotatable bonds is 4. The van der Waals surface area contributed by atoms with Crippen LogP contribution in [0.2, 0.25) is 0 Å². The lowest BCUT2D eigenvalue weighted by Gasteiger charge is -2.09. The van der Waals surface area contributed by atoms with Crippen molar-refractivity contribution in [3.63, 3.8) is 0 Å². The lowest BCUT2D eigenvalue weighted by Crippen LogP contribution is -1.96. The molecule has 2 aromatic rings. The van der Waals surface area contributed by atoms with Crippen LogP contribution in [0.25, 0.3) is 0 Å². The quantitative estimate of drug-likeness (QED) is 0.624. The summed E-state index contributed by atoms with van der Waals surface area (Å²) in [6.07, 6.45) is 0. The summed E-state index contributed by atoms with van der Waals surface area (Å²) >= 11 is 12.7. The van der Waals surface area contributed by atoms with Gasteiger partial charge in [0, 0.05) is 10.4 Å². The van der Waals surface area contributed by atoms with E-state index in [2.05, 4.69) is 31.9 Å². The number of hydrogen-bond donors (Lipinski definition) is 0. The Morgan fingerprint density at radius 1 is 0.944 bits per heavy atom. The molecule has 0 amide bonds. The Kier molecular flexibility index (Phi) is 5.10. The van der Waals surface area contributed by atoms with Gasteiger partial charge in [0.1, 0.15) is 12.4 Å². The summed E-state index contributed by atoms with van der Waals surface area (Å²) in [5.41, 5.74) is 2.20. The first-order chi connectivity index (χ1) is 8.69. The van der Waals surface area contributed by atoms with Crippen LogP contribution in [0.3, 0.4) is 0 Å². The third kappa shape index (κ3) is 3.74. The SMILES string of the molecule is ClCc1ccc(OCc2ccc(Br)cc2)c(Br)c1. The highest BCUT2D eigenvalue weighted by atomic mass is 79.9. The molecule has 0 heterocycles. The highest BCUT2D eigenvalue weighted by Gasteiger charge is 2.03. The zero-order valence-electron chi connectivity index (χ0n) is 9.50. The fourth-order valence-corrected chi connectivity index (χ4v) is 2.46. The van der Waals surface area contributed by atoms with Gasteiger partial charge in [-0.25, -0.2) is 0 Å². The monoisotopic (exact) mass is 388 g/mol. The van der Waals surface area contributed by atoms with E-state index >= 15 is 0 Å². The van der Waals surface area contributed by atoms with E-state index in [4.69, 9.17) is 16.3 Å². The molecule has 0 saturated carbocycles. The Hall–Kier alpha value is -0.510. The van der Waals surface area contributed by atoms with Crippen molar-refractivity contribution in [3.8, 4) is 5.75 Å². The molecule has 0 aromatic heterocycles. The average molecular weight is 391 g/mol. The van der Waals surface area contributed by atoms with Gasteiger partial charge in [-0.3, -0.25) is 0 Å². The molecule has 0 fully saturated rings. The standard InChI is InChI=1S/C14H11Br2ClO/c15-12-4-1-10(2-5-12)9-18-14-6-3-11(8-17)7-13(14)16/h1-7H,8-9H2. The molecule has 94 valence electrons. The number of halogens is 3. The minimum atomic E-state index is 0.506. The van der Waals surface area contributed by atoms with Gasteiger partial charge in [-0.1, -0.05) is 34.1 Å². The summed E-state index contributed by atoms with van der Waals surface area (Å²) in [7, 11) is 0. The summed E-state index contributed by atoms with van der Waals surface area (Å²) in [4.78, 5) is 0. The summed E-state index contributed by atoms with van der Waals surface area (Å²) in [5.74, 6) is 1.33. The van der Waals surface area contributed by atoms with Crippen molar-refractivity contribution in [1.29, 1.82) is 0 Å². The molecule has 18 heavy (non-hydrogen) atoms. The zero-order valence-corrected chi connectivity index (χ0v) is 13.4. The van der Waals surface area contributed by atoms with E-state index in [1.807, 2.05) is 42.5 Å². The van der Waals surface area contributed by atoms with Crippen LogP contribution in [0.1, 0.15) is 11.1 Å². The smallest absolute Gasteiger partial charge is 0.134 e. The third-order valence-electron chi connectivity index (χ3n) is 2.46. The molecule has 2 aromatic carbocycles. The van der Waals surface area contributed by atoms with Crippen molar-refractivity contribution < 1.29 is 4.74 Å². The minimum Gasteiger partial charge on any atom is -0.488 e. The Morgan fingerprint density at radius 3 is 2.22 bits per heavy atom. The molecular formula is C14H11Br2ClO. The van der Waals surface area contributed by atoms with E-state index < -0.39 is 0 Å². The van der Waals surface area contributed by atoms with Crippen molar-refractivity contribution in [3.05, 3.63) is 62.5 Å². The van der Waals surface area contributed by atoms with Gasteiger partial charge in [0.2, 0.25) is 0 Å². The normalized spacial score (nSPS) is 10.4. The van der Waals surface area contributed by atoms with Crippen molar-refractivity contribution in [2.24, 2.45) is 0 Å². The molecule has 2 rings (SSSR count). The molecule has 0 spiro atoms. The highest BCUT2D eigenvalue weighted by molar-refractivity contribution is 9.10. The van der Waals surface area contributed by atoms with Crippen molar-refractivity contribution in [2.45, 2.75) is 12.5 Å². The van der Waals surface area contributed by atoms with Crippen molar-refractivity contribution in [1.82, 2.24) is 0 Å². The van der Waals surface area contributed by atoms with Gasteiger partial charge >= 0.3 is 0 Å². The van der Waals surface area contributed by atoms with Gasteiger partial charge in [-0.05, 0) is 51.3 Å². The number of hydrogen-bond acceptors (Lipinski definition) is 1. The Bertz CT molecular complexity index is 526. The molecule has 0 aliphatic rings. The van der Waals surface area contributed by atoms with E-state index in [1.54, 1.807) is 0 Å². The molecular weight excluding hydrogens is 379 g/mol. The maximum absolute atomic E-state index is 5.77. The maximum Gasteiger partial charge on any atom is 0.134 e. The fourth-order valence-electron chi connectivity index (χ4n) is 1.49. The van der Waals surface area contributed by atoms with Crippen LogP contribution < -0.4 is 4.74 Å². The van der Waals surface area contributed by atoms with Crippen LogP contribution in [-0.2, 0) is 12.5 Å². The predicted octanol–water partition coefficient (Wildman–Crippen LogP) is 5.53. The second-order valence-corrected chi connectivity index (χ2v) is 5.85. The first kappa shape index (κ1) is 13.9. The predicted molar refractivity (Wildman–Crippen MR) is 82.2 cm³/mol. The second kappa shape index (κ2) is 6.60. The summed E-state index contributed by atoms with van der Waals surface area (Å²) in [5, 5.41) is 0. The number of alkyl halides is 1. The van der Waals surface area contributed by atoms with E-state index in [1.165, 1.54) is 0 Å². The summed E-state index contributed by atoms with van der Waals surface area (Å²) in [6, 6.07) is 13.9. The Balaban J connectivity index is 2.04. The molecule has 0 unspecified atom stereocenters. The van der Waals surface area contributed by atoms with Gasteiger partial charge in [0.05, 0.1) is 4.47 Å². The Morgan fingerprint density at radius 2 is 1.61 bits per heavy atom. The fraction of sp³-hybridized carbons (Fsp3) is 0.143. The van der Waals surface area contributed by atoms with Crippen LogP contribution in [0.15, 0.2) is 51.4 Å².